The summed E-state index contributed by atoms with van der Waals surface area (Å²) in [6, 6.07) is 23.9. The fourth-order valence-corrected chi connectivity index (χ4v) is 4.70. The smallest absolute Gasteiger partial charge is 0.335 e. The maximum atomic E-state index is 13.6. The third-order valence-electron chi connectivity index (χ3n) is 6.10. The number of amidine groups is 1. The number of carbonyl (C=O) groups is 1. The summed E-state index contributed by atoms with van der Waals surface area (Å²) in [5.41, 5.74) is 1.67. The van der Waals surface area contributed by atoms with Crippen LogP contribution < -0.4 is 9.80 Å². The Morgan fingerprint density at radius 3 is 2.03 bits per heavy atom. The Balaban J connectivity index is 1.43. The predicted octanol–water partition coefficient (Wildman–Crippen LogP) is 6.54. The summed E-state index contributed by atoms with van der Waals surface area (Å²) < 4.78 is 6.10. The minimum absolute atomic E-state index is 0.0386. The van der Waals surface area contributed by atoms with Gasteiger partial charge in [-0.2, -0.15) is 0 Å². The molecule has 0 radical (unpaired) electrons. The first-order valence-corrected chi connectivity index (χ1v) is 11.1. The van der Waals surface area contributed by atoms with E-state index in [1.165, 1.54) is 4.90 Å². The zero-order chi connectivity index (χ0) is 22.3. The van der Waals surface area contributed by atoms with Gasteiger partial charge >= 0.3 is 6.03 Å². The number of nitrogens with one attached hydrogen (secondary N) is 1. The summed E-state index contributed by atoms with van der Waals surface area (Å²) in [6.45, 7) is 0.505. The maximum Gasteiger partial charge on any atom is 0.335 e. The van der Waals surface area contributed by atoms with Crippen LogP contribution in [0.5, 0.6) is 0 Å². The van der Waals surface area contributed by atoms with Crippen molar-refractivity contribution < 1.29 is 9.53 Å². The molecule has 2 fully saturated rings. The SMILES string of the molecule is N=C1N(c2ccc(Cl)cc2)C(=O)N(c2ccc(Cl)cc2)C12CC(OCc1ccccc1)C2. The molecule has 1 heterocycles. The van der Waals surface area contributed by atoms with Crippen molar-refractivity contribution in [1.82, 2.24) is 0 Å². The number of anilines is 2. The van der Waals surface area contributed by atoms with Crippen LogP contribution in [-0.2, 0) is 11.3 Å². The normalized spacial score (nSPS) is 22.5. The van der Waals surface area contributed by atoms with Crippen LogP contribution >= 0.6 is 23.2 Å². The van der Waals surface area contributed by atoms with Gasteiger partial charge in [0.25, 0.3) is 0 Å². The molecule has 1 spiro atoms. The number of hydrogen-bond donors (Lipinski definition) is 1. The largest absolute Gasteiger partial charge is 0.373 e. The number of rotatable bonds is 5. The first kappa shape index (κ1) is 21.0. The predicted molar refractivity (Wildman–Crippen MR) is 128 cm³/mol. The molecule has 3 aromatic rings. The lowest BCUT2D eigenvalue weighted by Crippen LogP contribution is -2.61. The van der Waals surface area contributed by atoms with Crippen molar-refractivity contribution in [3.05, 3.63) is 94.5 Å². The van der Waals surface area contributed by atoms with Crippen molar-refractivity contribution in [2.24, 2.45) is 0 Å². The van der Waals surface area contributed by atoms with Crippen molar-refractivity contribution in [3.63, 3.8) is 0 Å². The molecule has 2 aliphatic rings. The zero-order valence-corrected chi connectivity index (χ0v) is 18.7. The maximum absolute atomic E-state index is 13.6. The van der Waals surface area contributed by atoms with E-state index >= 15 is 0 Å². The van der Waals surface area contributed by atoms with Crippen molar-refractivity contribution in [1.29, 1.82) is 5.41 Å². The Morgan fingerprint density at radius 2 is 1.44 bits per heavy atom. The fraction of sp³-hybridized carbons (Fsp3) is 0.200. The standard InChI is InChI=1S/C25H21Cl2N3O2/c26-18-6-10-20(11-7-18)29-23(28)25(30(24(29)31)21-12-8-19(27)9-13-21)14-22(15-25)32-16-17-4-2-1-3-5-17/h1-13,22,28H,14-16H2. The van der Waals surface area contributed by atoms with Gasteiger partial charge in [-0.1, -0.05) is 53.5 Å². The molecule has 3 aromatic carbocycles. The number of amides is 2. The molecule has 1 saturated carbocycles. The summed E-state index contributed by atoms with van der Waals surface area (Å²) in [4.78, 5) is 16.8. The molecule has 1 saturated heterocycles. The topological polar surface area (TPSA) is 56.6 Å². The van der Waals surface area contributed by atoms with E-state index in [-0.39, 0.29) is 18.0 Å². The Morgan fingerprint density at radius 1 is 0.875 bits per heavy atom. The van der Waals surface area contributed by atoms with E-state index in [0.29, 0.717) is 40.9 Å². The highest BCUT2D eigenvalue weighted by Crippen LogP contribution is 2.49. The van der Waals surface area contributed by atoms with Crippen molar-refractivity contribution >= 4 is 46.4 Å². The van der Waals surface area contributed by atoms with E-state index in [4.69, 9.17) is 33.3 Å². The Hall–Kier alpha value is -2.86. The second-order valence-electron chi connectivity index (χ2n) is 8.11. The zero-order valence-electron chi connectivity index (χ0n) is 17.2. The number of halogens is 2. The van der Waals surface area contributed by atoms with Crippen LogP contribution in [0.4, 0.5) is 16.2 Å². The van der Waals surface area contributed by atoms with Gasteiger partial charge in [0.2, 0.25) is 0 Å². The lowest BCUT2D eigenvalue weighted by atomic mass is 9.72. The minimum atomic E-state index is -0.758. The van der Waals surface area contributed by atoms with Crippen LogP contribution in [0.25, 0.3) is 0 Å². The van der Waals surface area contributed by atoms with Gasteiger partial charge in [0.1, 0.15) is 11.4 Å². The molecule has 0 aromatic heterocycles. The van der Waals surface area contributed by atoms with Gasteiger partial charge in [0.15, 0.2) is 0 Å². The molecule has 0 atom stereocenters. The van der Waals surface area contributed by atoms with Gasteiger partial charge in [-0.25, -0.2) is 9.69 Å². The van der Waals surface area contributed by atoms with Crippen LogP contribution in [0, 0.1) is 5.41 Å². The average molecular weight is 466 g/mol. The van der Waals surface area contributed by atoms with Crippen LogP contribution in [0.1, 0.15) is 18.4 Å². The molecular weight excluding hydrogens is 445 g/mol. The summed E-state index contributed by atoms with van der Waals surface area (Å²) in [5.74, 6) is 0.249. The van der Waals surface area contributed by atoms with E-state index < -0.39 is 5.54 Å². The van der Waals surface area contributed by atoms with Crippen LogP contribution in [0.2, 0.25) is 10.0 Å². The molecule has 5 nitrogen and oxygen atoms in total. The first-order chi connectivity index (χ1) is 15.5. The number of benzene rings is 3. The number of urea groups is 1. The second kappa shape index (κ2) is 8.24. The molecule has 0 bridgehead atoms. The molecule has 0 unspecified atom stereocenters. The molecule has 7 heteroatoms. The Kier molecular flexibility index (Phi) is 5.41. The average Bonchev–Trinajstić information content (AvgIpc) is 3.00. The summed E-state index contributed by atoms with van der Waals surface area (Å²) >= 11 is 12.1. The Labute approximate surface area is 196 Å². The monoisotopic (exact) mass is 465 g/mol. The first-order valence-electron chi connectivity index (χ1n) is 10.4. The van der Waals surface area contributed by atoms with Crippen LogP contribution in [0.3, 0.4) is 0 Å². The molecule has 162 valence electrons. The van der Waals surface area contributed by atoms with Gasteiger partial charge in [-0.3, -0.25) is 10.3 Å². The van der Waals surface area contributed by atoms with E-state index in [1.807, 2.05) is 42.5 Å². The number of ether oxygens (including phenoxy) is 1. The van der Waals surface area contributed by atoms with Crippen molar-refractivity contribution in [3.8, 4) is 0 Å². The minimum Gasteiger partial charge on any atom is -0.373 e. The van der Waals surface area contributed by atoms with E-state index in [9.17, 15) is 4.79 Å². The number of carbonyl (C=O) groups excluding carboxylic acids is 1. The van der Waals surface area contributed by atoms with Crippen molar-refractivity contribution in [2.45, 2.75) is 31.1 Å². The molecular formula is C25H21Cl2N3O2. The van der Waals surface area contributed by atoms with Gasteiger partial charge in [-0.15, -0.1) is 0 Å². The lowest BCUT2D eigenvalue weighted by Gasteiger charge is -2.48. The summed E-state index contributed by atoms with van der Waals surface area (Å²) in [6.07, 6.45) is 1.07. The third-order valence-corrected chi connectivity index (χ3v) is 6.61. The quantitative estimate of drug-likeness (QED) is 0.465. The fourth-order valence-electron chi connectivity index (χ4n) is 4.45. The third kappa shape index (κ3) is 3.56. The van der Waals surface area contributed by atoms with E-state index in [1.54, 1.807) is 41.3 Å². The molecule has 1 N–H and O–H groups in total. The second-order valence-corrected chi connectivity index (χ2v) is 8.99. The van der Waals surface area contributed by atoms with Gasteiger partial charge in [-0.05, 0) is 54.1 Å². The Bertz CT molecular complexity index is 1140. The lowest BCUT2D eigenvalue weighted by molar-refractivity contribution is -0.0317. The van der Waals surface area contributed by atoms with Gasteiger partial charge in [0.05, 0.1) is 18.4 Å². The number of nitrogens with zero attached hydrogens (tertiary/aromatic N) is 2. The summed E-state index contributed by atoms with van der Waals surface area (Å²) in [7, 11) is 0. The molecule has 1 aliphatic carbocycles. The van der Waals surface area contributed by atoms with Crippen molar-refractivity contribution in [2.75, 3.05) is 9.80 Å². The highest BCUT2D eigenvalue weighted by atomic mass is 35.5. The van der Waals surface area contributed by atoms with Crippen LogP contribution in [-0.4, -0.2) is 23.5 Å². The number of hydrogen-bond acceptors (Lipinski definition) is 3. The van der Waals surface area contributed by atoms with E-state index in [0.717, 1.165) is 5.56 Å². The molecule has 2 amide bonds. The highest BCUT2D eigenvalue weighted by molar-refractivity contribution is 6.33. The molecule has 1 aliphatic heterocycles. The van der Waals surface area contributed by atoms with Gasteiger partial charge in [0, 0.05) is 28.6 Å². The molecule has 5 rings (SSSR count). The summed E-state index contributed by atoms with van der Waals surface area (Å²) in [5, 5.41) is 10.2. The van der Waals surface area contributed by atoms with Gasteiger partial charge < -0.3 is 4.74 Å². The highest BCUT2D eigenvalue weighted by Gasteiger charge is 2.62. The van der Waals surface area contributed by atoms with E-state index in [2.05, 4.69) is 0 Å². The van der Waals surface area contributed by atoms with Crippen LogP contribution in [0.15, 0.2) is 78.9 Å². The molecule has 32 heavy (non-hydrogen) atoms.